The lowest BCUT2D eigenvalue weighted by Gasteiger charge is -2.34. The fourth-order valence-electron chi connectivity index (χ4n) is 4.08. The minimum Gasteiger partial charge on any atom is -0.497 e. The van der Waals surface area contributed by atoms with Gasteiger partial charge in [0, 0.05) is 12.1 Å². The van der Waals surface area contributed by atoms with Crippen LogP contribution in [0.1, 0.15) is 44.6 Å². The normalized spacial score (nSPS) is 18.4. The molecule has 1 heterocycles. The zero-order valence-corrected chi connectivity index (χ0v) is 16.2. The molecule has 146 valence electrons. The van der Waals surface area contributed by atoms with Crippen molar-refractivity contribution in [3.8, 4) is 11.5 Å². The lowest BCUT2D eigenvalue weighted by atomic mass is 9.78. The molecule has 1 spiro atoms. The van der Waals surface area contributed by atoms with Crippen molar-refractivity contribution in [2.75, 3.05) is 20.8 Å². The monoisotopic (exact) mass is 373 g/mol. The highest BCUT2D eigenvalue weighted by atomic mass is 16.6. The molecule has 6 heteroatoms. The van der Waals surface area contributed by atoms with E-state index in [1.807, 2.05) is 18.2 Å². The van der Waals surface area contributed by atoms with Crippen molar-refractivity contribution >= 4 is 11.9 Å². The zero-order chi connectivity index (χ0) is 19.4. The fraction of sp³-hybridized carbons (Fsp3) is 0.524. The van der Waals surface area contributed by atoms with Gasteiger partial charge >= 0.3 is 5.97 Å². The van der Waals surface area contributed by atoms with Gasteiger partial charge in [0.25, 0.3) is 5.91 Å². The summed E-state index contributed by atoms with van der Waals surface area (Å²) in [5, 5.41) is 2.96. The number of rotatable bonds is 6. The van der Waals surface area contributed by atoms with Crippen LogP contribution in [-0.4, -0.2) is 38.2 Å². The number of nitrogens with one attached hydrogen (secondary N) is 1. The summed E-state index contributed by atoms with van der Waals surface area (Å²) < 4.78 is 16.3. The van der Waals surface area contributed by atoms with Crippen LogP contribution in [0.25, 0.3) is 0 Å². The molecule has 1 saturated carbocycles. The van der Waals surface area contributed by atoms with Crippen LogP contribution in [0.3, 0.4) is 0 Å². The van der Waals surface area contributed by atoms with Gasteiger partial charge in [0.15, 0.2) is 0 Å². The molecule has 1 aromatic carbocycles. The van der Waals surface area contributed by atoms with E-state index in [0.717, 1.165) is 49.2 Å². The average Bonchev–Trinajstić information content (AvgIpc) is 2.91. The van der Waals surface area contributed by atoms with E-state index in [-0.39, 0.29) is 11.9 Å². The summed E-state index contributed by atoms with van der Waals surface area (Å²) in [6.45, 7) is 2.12. The van der Waals surface area contributed by atoms with Gasteiger partial charge in [-0.15, -0.1) is 0 Å². The van der Waals surface area contributed by atoms with Gasteiger partial charge in [0.1, 0.15) is 17.1 Å². The second-order valence-electron chi connectivity index (χ2n) is 7.13. The summed E-state index contributed by atoms with van der Waals surface area (Å²) in [5.74, 6) is 0.925. The highest BCUT2D eigenvalue weighted by Crippen LogP contribution is 2.43. The molecule has 0 bridgehead atoms. The second-order valence-corrected chi connectivity index (χ2v) is 7.13. The number of carbonyl (C=O) groups is 2. The summed E-state index contributed by atoms with van der Waals surface area (Å²) in [6, 6.07) is 5.59. The Kier molecular flexibility index (Phi) is 5.73. The Labute approximate surface area is 159 Å². The first-order valence-corrected chi connectivity index (χ1v) is 9.44. The van der Waals surface area contributed by atoms with Gasteiger partial charge in [-0.25, -0.2) is 4.79 Å². The second kappa shape index (κ2) is 8.03. The lowest BCUT2D eigenvalue weighted by Crippen LogP contribution is -2.41. The maximum atomic E-state index is 12.9. The van der Waals surface area contributed by atoms with Crippen molar-refractivity contribution in [2.24, 2.45) is 0 Å². The standard InChI is InChI=1S/C21H27NO5/c1-14-18(21(27-20(14)24)10-5-4-6-11-21)19(23)22-12-9-15-13-16(25-2)7-8-17(15)26-3/h7-8,13H,4-6,9-12H2,1-3H3,(H,22,23). The van der Waals surface area contributed by atoms with Crippen molar-refractivity contribution in [3.05, 3.63) is 34.9 Å². The lowest BCUT2D eigenvalue weighted by molar-refractivity contribution is -0.149. The first-order chi connectivity index (χ1) is 13.0. The summed E-state index contributed by atoms with van der Waals surface area (Å²) >= 11 is 0. The Morgan fingerprint density at radius 2 is 1.93 bits per heavy atom. The van der Waals surface area contributed by atoms with Crippen LogP contribution < -0.4 is 14.8 Å². The fourth-order valence-corrected chi connectivity index (χ4v) is 4.08. The smallest absolute Gasteiger partial charge is 0.335 e. The van der Waals surface area contributed by atoms with E-state index in [1.54, 1.807) is 21.1 Å². The maximum absolute atomic E-state index is 12.9. The average molecular weight is 373 g/mol. The number of hydrogen-bond donors (Lipinski definition) is 1. The third kappa shape index (κ3) is 3.80. The molecule has 27 heavy (non-hydrogen) atoms. The predicted molar refractivity (Wildman–Crippen MR) is 101 cm³/mol. The molecule has 0 radical (unpaired) electrons. The Bertz CT molecular complexity index is 762. The first-order valence-electron chi connectivity index (χ1n) is 9.44. The Hall–Kier alpha value is -2.50. The largest absolute Gasteiger partial charge is 0.497 e. The summed E-state index contributed by atoms with van der Waals surface area (Å²) in [7, 11) is 3.23. The number of ether oxygens (including phenoxy) is 3. The quantitative estimate of drug-likeness (QED) is 0.776. The molecule has 2 aliphatic rings. The molecule has 1 aliphatic carbocycles. The first kappa shape index (κ1) is 19.3. The van der Waals surface area contributed by atoms with Gasteiger partial charge < -0.3 is 19.5 Å². The van der Waals surface area contributed by atoms with Crippen molar-refractivity contribution in [1.82, 2.24) is 5.32 Å². The van der Waals surface area contributed by atoms with Crippen molar-refractivity contribution in [1.29, 1.82) is 0 Å². The summed E-state index contributed by atoms with van der Waals surface area (Å²) in [6.07, 6.45) is 5.10. The summed E-state index contributed by atoms with van der Waals surface area (Å²) in [4.78, 5) is 25.0. The third-order valence-electron chi connectivity index (χ3n) is 5.48. The van der Waals surface area contributed by atoms with Gasteiger partial charge in [-0.1, -0.05) is 6.42 Å². The molecule has 1 fully saturated rings. The van der Waals surface area contributed by atoms with E-state index in [4.69, 9.17) is 14.2 Å². The SMILES string of the molecule is COc1ccc(OC)c(CCNC(=O)C2=C(C)C(=O)OC23CCCCC3)c1. The predicted octanol–water partition coefficient (Wildman–Crippen LogP) is 2.94. The van der Waals surface area contributed by atoms with E-state index < -0.39 is 5.60 Å². The molecule has 0 atom stereocenters. The van der Waals surface area contributed by atoms with Crippen LogP contribution in [0.4, 0.5) is 0 Å². The minimum atomic E-state index is -0.725. The van der Waals surface area contributed by atoms with E-state index in [2.05, 4.69) is 5.32 Å². The van der Waals surface area contributed by atoms with Crippen LogP contribution in [0.2, 0.25) is 0 Å². The molecular weight excluding hydrogens is 346 g/mol. The molecular formula is C21H27NO5. The molecule has 0 unspecified atom stereocenters. The molecule has 1 aromatic rings. The highest BCUT2D eigenvalue weighted by molar-refractivity contribution is 6.07. The van der Waals surface area contributed by atoms with Crippen molar-refractivity contribution < 1.29 is 23.8 Å². The minimum absolute atomic E-state index is 0.206. The number of amides is 1. The van der Waals surface area contributed by atoms with Gasteiger partial charge in [-0.05, 0) is 62.8 Å². The van der Waals surface area contributed by atoms with E-state index in [0.29, 0.717) is 24.1 Å². The van der Waals surface area contributed by atoms with Crippen LogP contribution in [0.5, 0.6) is 11.5 Å². The van der Waals surface area contributed by atoms with E-state index in [9.17, 15) is 9.59 Å². The molecule has 1 N–H and O–H groups in total. The molecule has 0 saturated heterocycles. The van der Waals surface area contributed by atoms with Gasteiger partial charge in [0.05, 0.1) is 19.8 Å². The van der Waals surface area contributed by atoms with Crippen LogP contribution in [0.15, 0.2) is 29.3 Å². The third-order valence-corrected chi connectivity index (χ3v) is 5.48. The molecule has 0 aromatic heterocycles. The van der Waals surface area contributed by atoms with Gasteiger partial charge in [0.2, 0.25) is 0 Å². The van der Waals surface area contributed by atoms with Crippen LogP contribution in [0, 0.1) is 0 Å². The summed E-state index contributed by atoms with van der Waals surface area (Å²) in [5.41, 5.74) is 1.18. The van der Waals surface area contributed by atoms with Crippen LogP contribution >= 0.6 is 0 Å². The number of benzene rings is 1. The highest BCUT2D eigenvalue weighted by Gasteiger charge is 2.49. The molecule has 6 nitrogen and oxygen atoms in total. The van der Waals surface area contributed by atoms with Crippen molar-refractivity contribution in [3.63, 3.8) is 0 Å². The maximum Gasteiger partial charge on any atom is 0.335 e. The van der Waals surface area contributed by atoms with Crippen molar-refractivity contribution in [2.45, 2.75) is 51.0 Å². The van der Waals surface area contributed by atoms with Crippen LogP contribution in [-0.2, 0) is 20.7 Å². The number of hydrogen-bond acceptors (Lipinski definition) is 5. The Balaban J connectivity index is 1.69. The topological polar surface area (TPSA) is 73.9 Å². The molecule has 1 amide bonds. The van der Waals surface area contributed by atoms with Gasteiger partial charge in [-0.3, -0.25) is 4.79 Å². The molecule has 3 rings (SSSR count). The molecule has 1 aliphatic heterocycles. The van der Waals surface area contributed by atoms with E-state index >= 15 is 0 Å². The Morgan fingerprint density at radius 1 is 1.19 bits per heavy atom. The zero-order valence-electron chi connectivity index (χ0n) is 16.2. The Morgan fingerprint density at radius 3 is 2.59 bits per heavy atom. The number of methoxy groups -OCH3 is 2. The van der Waals surface area contributed by atoms with Gasteiger partial charge in [-0.2, -0.15) is 0 Å². The number of esters is 1. The number of carbonyl (C=O) groups excluding carboxylic acids is 2. The van der Waals surface area contributed by atoms with E-state index in [1.165, 1.54) is 0 Å².